The summed E-state index contributed by atoms with van der Waals surface area (Å²) in [7, 11) is 1.29. The van der Waals surface area contributed by atoms with Gasteiger partial charge in [-0.2, -0.15) is 0 Å². The fourth-order valence-corrected chi connectivity index (χ4v) is 2.71. The van der Waals surface area contributed by atoms with E-state index in [4.69, 9.17) is 4.52 Å². The Morgan fingerprint density at radius 3 is 2.60 bits per heavy atom. The van der Waals surface area contributed by atoms with Crippen LogP contribution in [0, 0.1) is 0 Å². The molecular formula is C8H17FNO3PS. The van der Waals surface area contributed by atoms with E-state index >= 15 is 0 Å². The minimum Gasteiger partial charge on any atom is -0.309 e. The Morgan fingerprint density at radius 1 is 1.47 bits per heavy atom. The van der Waals surface area contributed by atoms with Crippen LogP contribution in [0.1, 0.15) is 25.7 Å². The second kappa shape index (κ2) is 8.13. The maximum atomic E-state index is 11.7. The number of halogens is 1. The predicted molar refractivity (Wildman–Crippen MR) is 60.7 cm³/mol. The van der Waals surface area contributed by atoms with Crippen LogP contribution in [0.2, 0.25) is 0 Å². The van der Waals surface area contributed by atoms with Gasteiger partial charge in [0.05, 0.1) is 6.67 Å². The summed E-state index contributed by atoms with van der Waals surface area (Å²) in [6, 6.07) is 0. The third-order valence-corrected chi connectivity index (χ3v) is 5.43. The highest BCUT2D eigenvalue weighted by molar-refractivity contribution is 8.55. The van der Waals surface area contributed by atoms with Crippen molar-refractivity contribution in [3.05, 3.63) is 0 Å². The van der Waals surface area contributed by atoms with Crippen molar-refractivity contribution >= 4 is 24.0 Å². The van der Waals surface area contributed by atoms with E-state index < -0.39 is 6.72 Å². The molecule has 0 saturated heterocycles. The molecule has 0 saturated carbocycles. The number of hydrogen-bond acceptors (Lipinski definition) is 4. The Morgan fingerprint density at radius 2 is 2.13 bits per heavy atom. The minimum absolute atomic E-state index is 0.258. The Kier molecular flexibility index (Phi) is 8.10. The third kappa shape index (κ3) is 6.93. The van der Waals surface area contributed by atoms with E-state index in [1.807, 2.05) is 0 Å². The fraction of sp³-hybridized carbons (Fsp3) is 0.875. The number of amides is 1. The molecule has 15 heavy (non-hydrogen) atoms. The van der Waals surface area contributed by atoms with Gasteiger partial charge in [0.2, 0.25) is 5.91 Å². The number of hydrogen-bond donors (Lipinski definition) is 1. The lowest BCUT2D eigenvalue weighted by Crippen LogP contribution is -2.19. The molecule has 0 aliphatic carbocycles. The van der Waals surface area contributed by atoms with E-state index in [1.165, 1.54) is 7.11 Å². The van der Waals surface area contributed by atoms with Crippen LogP contribution in [0.3, 0.4) is 0 Å². The molecule has 0 bridgehead atoms. The standard InChI is InChI=1S/C8H17FNO3PS/c1-13-14(12,15-2)10-8(11)6-4-3-5-7-9/h3-7H2,1-2H3,(H,10,11,12). The third-order valence-electron chi connectivity index (χ3n) is 1.78. The van der Waals surface area contributed by atoms with Crippen LogP contribution in [-0.4, -0.2) is 25.9 Å². The molecule has 0 radical (unpaired) electrons. The average Bonchev–Trinajstić information content (AvgIpc) is 2.24. The number of carbonyl (C=O) groups excluding carboxylic acids is 1. The van der Waals surface area contributed by atoms with Crippen LogP contribution in [0.25, 0.3) is 0 Å². The summed E-state index contributed by atoms with van der Waals surface area (Å²) in [4.78, 5) is 11.3. The van der Waals surface area contributed by atoms with Crippen LogP contribution in [0.4, 0.5) is 4.39 Å². The molecule has 1 atom stereocenters. The number of carbonyl (C=O) groups is 1. The van der Waals surface area contributed by atoms with Crippen molar-refractivity contribution in [3.63, 3.8) is 0 Å². The smallest absolute Gasteiger partial charge is 0.309 e. The van der Waals surface area contributed by atoms with Gasteiger partial charge in [0.15, 0.2) is 0 Å². The normalized spacial score (nSPS) is 14.6. The van der Waals surface area contributed by atoms with E-state index in [0.29, 0.717) is 19.3 Å². The molecule has 0 aromatic heterocycles. The van der Waals surface area contributed by atoms with Crippen LogP contribution >= 0.6 is 18.1 Å². The van der Waals surface area contributed by atoms with E-state index in [1.54, 1.807) is 6.26 Å². The molecule has 1 unspecified atom stereocenters. The first-order valence-corrected chi connectivity index (χ1v) is 8.12. The zero-order chi connectivity index (χ0) is 11.7. The average molecular weight is 257 g/mol. The monoisotopic (exact) mass is 257 g/mol. The predicted octanol–water partition coefficient (Wildman–Crippen LogP) is 2.75. The number of alkyl halides is 1. The van der Waals surface area contributed by atoms with Gasteiger partial charge in [0.25, 0.3) is 0 Å². The maximum Gasteiger partial charge on any atom is 0.352 e. The first-order valence-electron chi connectivity index (χ1n) is 4.66. The van der Waals surface area contributed by atoms with Gasteiger partial charge >= 0.3 is 6.72 Å². The number of nitrogens with one attached hydrogen (secondary N) is 1. The van der Waals surface area contributed by atoms with Gasteiger partial charge in [0.1, 0.15) is 0 Å². The lowest BCUT2D eigenvalue weighted by atomic mass is 10.2. The van der Waals surface area contributed by atoms with Gasteiger partial charge in [0, 0.05) is 13.5 Å². The van der Waals surface area contributed by atoms with Crippen molar-refractivity contribution in [1.82, 2.24) is 5.09 Å². The topological polar surface area (TPSA) is 55.4 Å². The molecule has 0 aromatic carbocycles. The van der Waals surface area contributed by atoms with Crippen LogP contribution in [-0.2, 0) is 13.9 Å². The molecule has 7 heteroatoms. The second-order valence-electron chi connectivity index (χ2n) is 2.90. The van der Waals surface area contributed by atoms with E-state index in [-0.39, 0.29) is 19.0 Å². The molecular weight excluding hydrogens is 240 g/mol. The first-order chi connectivity index (χ1) is 7.08. The van der Waals surface area contributed by atoms with Crippen molar-refractivity contribution in [1.29, 1.82) is 0 Å². The zero-order valence-electron chi connectivity index (χ0n) is 8.99. The molecule has 0 rings (SSSR count). The van der Waals surface area contributed by atoms with Crippen LogP contribution < -0.4 is 5.09 Å². The second-order valence-corrected chi connectivity index (χ2v) is 7.38. The highest BCUT2D eigenvalue weighted by Gasteiger charge is 2.22. The number of unbranched alkanes of at least 4 members (excludes halogenated alkanes) is 2. The molecule has 1 N–H and O–H groups in total. The summed E-state index contributed by atoms with van der Waals surface area (Å²) >= 11 is 0.986. The SMILES string of the molecule is COP(=O)(NC(=O)CCCCCF)SC. The van der Waals surface area contributed by atoms with E-state index in [0.717, 1.165) is 11.4 Å². The molecule has 0 heterocycles. The molecule has 4 nitrogen and oxygen atoms in total. The summed E-state index contributed by atoms with van der Waals surface area (Å²) in [5.74, 6) is -0.312. The van der Waals surface area contributed by atoms with Crippen molar-refractivity contribution in [2.75, 3.05) is 20.0 Å². The number of rotatable bonds is 8. The van der Waals surface area contributed by atoms with Gasteiger partial charge in [-0.05, 0) is 19.1 Å². The Bertz CT molecular complexity index is 232. The van der Waals surface area contributed by atoms with Crippen molar-refractivity contribution in [2.24, 2.45) is 0 Å². The highest BCUT2D eigenvalue weighted by Crippen LogP contribution is 2.53. The Balaban J connectivity index is 3.78. The summed E-state index contributed by atoms with van der Waals surface area (Å²) in [6.45, 7) is -3.41. The Hall–Kier alpha value is -0.0600. The molecule has 90 valence electrons. The molecule has 0 aliphatic rings. The van der Waals surface area contributed by atoms with Crippen LogP contribution in [0.15, 0.2) is 0 Å². The van der Waals surface area contributed by atoms with Gasteiger partial charge in [-0.1, -0.05) is 17.8 Å². The minimum atomic E-state index is -3.05. The fourth-order valence-electron chi connectivity index (χ4n) is 0.931. The largest absolute Gasteiger partial charge is 0.352 e. The van der Waals surface area contributed by atoms with Crippen molar-refractivity contribution in [3.8, 4) is 0 Å². The van der Waals surface area contributed by atoms with Gasteiger partial charge < -0.3 is 4.52 Å². The summed E-state index contributed by atoms with van der Waals surface area (Å²) in [5.41, 5.74) is 0. The summed E-state index contributed by atoms with van der Waals surface area (Å²) < 4.78 is 28.0. The quantitative estimate of drug-likeness (QED) is 0.536. The lowest BCUT2D eigenvalue weighted by Gasteiger charge is -2.13. The van der Waals surface area contributed by atoms with Gasteiger partial charge in [-0.3, -0.25) is 18.8 Å². The molecule has 0 aromatic rings. The van der Waals surface area contributed by atoms with Crippen LogP contribution in [0.5, 0.6) is 0 Å². The molecule has 1 amide bonds. The van der Waals surface area contributed by atoms with E-state index in [2.05, 4.69) is 5.09 Å². The first kappa shape index (κ1) is 14.9. The highest BCUT2D eigenvalue weighted by atomic mass is 32.7. The van der Waals surface area contributed by atoms with Crippen molar-refractivity contribution in [2.45, 2.75) is 25.7 Å². The van der Waals surface area contributed by atoms with E-state index in [9.17, 15) is 13.8 Å². The van der Waals surface area contributed by atoms with Crippen molar-refractivity contribution < 1.29 is 18.3 Å². The molecule has 0 fully saturated rings. The zero-order valence-corrected chi connectivity index (χ0v) is 10.7. The summed E-state index contributed by atoms with van der Waals surface area (Å²) in [6.07, 6.45) is 3.60. The molecule has 0 spiro atoms. The van der Waals surface area contributed by atoms with Gasteiger partial charge in [-0.15, -0.1) is 0 Å². The van der Waals surface area contributed by atoms with Gasteiger partial charge in [-0.25, -0.2) is 0 Å². The molecule has 0 aliphatic heterocycles. The maximum absolute atomic E-state index is 11.7. The summed E-state index contributed by atoms with van der Waals surface area (Å²) in [5, 5.41) is 2.33. The Labute approximate surface area is 93.6 Å². The lowest BCUT2D eigenvalue weighted by molar-refractivity contribution is -0.119.